The van der Waals surface area contributed by atoms with Gasteiger partial charge in [0, 0.05) is 50.5 Å². The van der Waals surface area contributed by atoms with Gasteiger partial charge in [-0.3, -0.25) is 0 Å². The molecular weight excluding hydrogens is 331 g/mol. The molecule has 6 heteroatoms. The van der Waals surface area contributed by atoms with Gasteiger partial charge in [0.1, 0.15) is 17.5 Å². The van der Waals surface area contributed by atoms with Gasteiger partial charge < -0.3 is 14.5 Å². The number of halogens is 1. The number of benzene rings is 1. The molecule has 4 rings (SSSR count). The van der Waals surface area contributed by atoms with E-state index < -0.39 is 0 Å². The molecule has 5 nitrogen and oxygen atoms in total. The van der Waals surface area contributed by atoms with Crippen molar-refractivity contribution in [3.63, 3.8) is 0 Å². The molecule has 2 saturated heterocycles. The lowest BCUT2D eigenvalue weighted by Crippen LogP contribution is -2.31. The molecule has 2 aromatic rings. The van der Waals surface area contributed by atoms with Crippen LogP contribution in [0.4, 0.5) is 15.9 Å². The standard InChI is InChI=1S/C20H25FN4O/c1-15-22-19(16-7-12-26-14-16)13-20(23-15)25-9-2-8-24(10-11-25)18-5-3-17(21)4-6-18/h3-6,13,16H,2,7-12,14H2,1H3. The fourth-order valence-corrected chi connectivity index (χ4v) is 3.77. The summed E-state index contributed by atoms with van der Waals surface area (Å²) in [6.07, 6.45) is 2.08. The second-order valence-electron chi connectivity index (χ2n) is 7.06. The minimum absolute atomic E-state index is 0.190. The summed E-state index contributed by atoms with van der Waals surface area (Å²) in [7, 11) is 0. The van der Waals surface area contributed by atoms with Crippen molar-refractivity contribution in [2.24, 2.45) is 0 Å². The molecule has 1 aromatic heterocycles. The van der Waals surface area contributed by atoms with Crippen LogP contribution in [0.25, 0.3) is 0 Å². The summed E-state index contributed by atoms with van der Waals surface area (Å²) in [6.45, 7) is 7.27. The van der Waals surface area contributed by atoms with E-state index in [-0.39, 0.29) is 5.82 Å². The number of ether oxygens (including phenoxy) is 1. The van der Waals surface area contributed by atoms with Crippen molar-refractivity contribution in [1.82, 2.24) is 9.97 Å². The molecular formula is C20H25FN4O. The zero-order chi connectivity index (χ0) is 17.9. The number of nitrogens with zero attached hydrogens (tertiary/aromatic N) is 4. The Labute approximate surface area is 153 Å². The van der Waals surface area contributed by atoms with Gasteiger partial charge in [-0.25, -0.2) is 14.4 Å². The van der Waals surface area contributed by atoms with Gasteiger partial charge in [0.15, 0.2) is 0 Å². The molecule has 1 atom stereocenters. The van der Waals surface area contributed by atoms with Crippen molar-refractivity contribution in [1.29, 1.82) is 0 Å². The van der Waals surface area contributed by atoms with Crippen LogP contribution in [0, 0.1) is 12.7 Å². The van der Waals surface area contributed by atoms with E-state index >= 15 is 0 Å². The highest BCUT2D eigenvalue weighted by Gasteiger charge is 2.22. The molecule has 0 spiro atoms. The molecule has 0 saturated carbocycles. The van der Waals surface area contributed by atoms with Crippen molar-refractivity contribution < 1.29 is 9.13 Å². The Morgan fingerprint density at radius 3 is 2.58 bits per heavy atom. The third-order valence-electron chi connectivity index (χ3n) is 5.20. The van der Waals surface area contributed by atoms with Gasteiger partial charge in [0.05, 0.1) is 12.3 Å². The first-order valence-electron chi connectivity index (χ1n) is 9.38. The number of anilines is 2. The van der Waals surface area contributed by atoms with E-state index in [0.717, 1.165) is 75.3 Å². The van der Waals surface area contributed by atoms with Gasteiger partial charge in [-0.1, -0.05) is 0 Å². The van der Waals surface area contributed by atoms with Crippen LogP contribution < -0.4 is 9.80 Å². The van der Waals surface area contributed by atoms with Gasteiger partial charge in [-0.2, -0.15) is 0 Å². The summed E-state index contributed by atoms with van der Waals surface area (Å²) in [5.41, 5.74) is 2.18. The van der Waals surface area contributed by atoms with Crippen LogP contribution in [0.15, 0.2) is 30.3 Å². The topological polar surface area (TPSA) is 41.5 Å². The third-order valence-corrected chi connectivity index (χ3v) is 5.20. The summed E-state index contributed by atoms with van der Waals surface area (Å²) in [5, 5.41) is 0. The predicted molar refractivity (Wildman–Crippen MR) is 100 cm³/mol. The highest BCUT2D eigenvalue weighted by Crippen LogP contribution is 2.27. The van der Waals surface area contributed by atoms with Crippen LogP contribution in [0.5, 0.6) is 0 Å². The Kier molecular flexibility index (Phi) is 5.02. The number of rotatable bonds is 3. The number of hydrogen-bond donors (Lipinski definition) is 0. The van der Waals surface area contributed by atoms with E-state index in [1.165, 1.54) is 12.1 Å². The van der Waals surface area contributed by atoms with E-state index in [1.807, 2.05) is 19.1 Å². The molecule has 0 amide bonds. The maximum Gasteiger partial charge on any atom is 0.132 e. The molecule has 0 bridgehead atoms. The molecule has 138 valence electrons. The van der Waals surface area contributed by atoms with Gasteiger partial charge in [-0.15, -0.1) is 0 Å². The van der Waals surface area contributed by atoms with Crippen LogP contribution in [0.3, 0.4) is 0 Å². The highest BCUT2D eigenvalue weighted by atomic mass is 19.1. The zero-order valence-corrected chi connectivity index (χ0v) is 15.2. The monoisotopic (exact) mass is 356 g/mol. The third kappa shape index (κ3) is 3.80. The lowest BCUT2D eigenvalue weighted by atomic mass is 10.0. The lowest BCUT2D eigenvalue weighted by molar-refractivity contribution is 0.193. The van der Waals surface area contributed by atoms with Gasteiger partial charge in [0.2, 0.25) is 0 Å². The molecule has 2 fully saturated rings. The summed E-state index contributed by atoms with van der Waals surface area (Å²) >= 11 is 0. The summed E-state index contributed by atoms with van der Waals surface area (Å²) in [5.74, 6) is 2.03. The van der Waals surface area contributed by atoms with Crippen LogP contribution in [-0.2, 0) is 4.74 Å². The van der Waals surface area contributed by atoms with Crippen LogP contribution in [-0.4, -0.2) is 49.4 Å². The Morgan fingerprint density at radius 2 is 1.81 bits per heavy atom. The summed E-state index contributed by atoms with van der Waals surface area (Å²) < 4.78 is 18.7. The van der Waals surface area contributed by atoms with Crippen molar-refractivity contribution in [2.75, 3.05) is 49.2 Å². The molecule has 2 aliphatic rings. The Hall–Kier alpha value is -2.21. The first-order chi connectivity index (χ1) is 12.7. The first kappa shape index (κ1) is 17.2. The van der Waals surface area contributed by atoms with Crippen molar-refractivity contribution in [2.45, 2.75) is 25.7 Å². The molecule has 2 aliphatic heterocycles. The quantitative estimate of drug-likeness (QED) is 0.845. The van der Waals surface area contributed by atoms with Crippen molar-refractivity contribution in [3.8, 4) is 0 Å². The highest BCUT2D eigenvalue weighted by molar-refractivity contribution is 5.48. The zero-order valence-electron chi connectivity index (χ0n) is 15.2. The normalized spacial score (nSPS) is 21.1. The van der Waals surface area contributed by atoms with E-state index in [9.17, 15) is 4.39 Å². The largest absolute Gasteiger partial charge is 0.381 e. The number of aromatic nitrogens is 2. The van der Waals surface area contributed by atoms with Crippen molar-refractivity contribution >= 4 is 11.5 Å². The van der Waals surface area contributed by atoms with E-state index in [1.54, 1.807) is 0 Å². The molecule has 3 heterocycles. The molecule has 1 aromatic carbocycles. The first-order valence-corrected chi connectivity index (χ1v) is 9.38. The maximum absolute atomic E-state index is 13.2. The summed E-state index contributed by atoms with van der Waals surface area (Å²) in [4.78, 5) is 14.0. The van der Waals surface area contributed by atoms with Crippen LogP contribution in [0.1, 0.15) is 30.3 Å². The van der Waals surface area contributed by atoms with Gasteiger partial charge in [-0.05, 0) is 44.0 Å². The Bertz CT molecular complexity index is 746. The number of aryl methyl sites for hydroxylation is 1. The maximum atomic E-state index is 13.2. The number of hydrogen-bond acceptors (Lipinski definition) is 5. The fraction of sp³-hybridized carbons (Fsp3) is 0.500. The van der Waals surface area contributed by atoms with Gasteiger partial charge >= 0.3 is 0 Å². The second kappa shape index (κ2) is 7.58. The average molecular weight is 356 g/mol. The van der Waals surface area contributed by atoms with Gasteiger partial charge in [0.25, 0.3) is 0 Å². The predicted octanol–water partition coefficient (Wildman–Crippen LogP) is 3.14. The smallest absolute Gasteiger partial charge is 0.132 e. The van der Waals surface area contributed by atoms with Crippen molar-refractivity contribution in [3.05, 3.63) is 47.7 Å². The Morgan fingerprint density at radius 1 is 1.04 bits per heavy atom. The molecule has 0 radical (unpaired) electrons. The lowest BCUT2D eigenvalue weighted by Gasteiger charge is -2.25. The fourth-order valence-electron chi connectivity index (χ4n) is 3.77. The average Bonchev–Trinajstić information content (AvgIpc) is 3.07. The molecule has 1 unspecified atom stereocenters. The minimum Gasteiger partial charge on any atom is -0.381 e. The summed E-state index contributed by atoms with van der Waals surface area (Å²) in [6, 6.07) is 8.92. The van der Waals surface area contributed by atoms with Crippen LogP contribution in [0.2, 0.25) is 0 Å². The minimum atomic E-state index is -0.190. The van der Waals surface area contributed by atoms with Crippen LogP contribution >= 0.6 is 0 Å². The SMILES string of the molecule is Cc1nc(C2CCOC2)cc(N2CCCN(c3ccc(F)cc3)CC2)n1. The van der Waals surface area contributed by atoms with E-state index in [4.69, 9.17) is 4.74 Å². The molecule has 0 N–H and O–H groups in total. The second-order valence-corrected chi connectivity index (χ2v) is 7.06. The van der Waals surface area contributed by atoms with E-state index in [2.05, 4.69) is 25.8 Å². The molecule has 0 aliphatic carbocycles. The molecule has 26 heavy (non-hydrogen) atoms. The van der Waals surface area contributed by atoms with E-state index in [0.29, 0.717) is 5.92 Å². The Balaban J connectivity index is 1.49.